The van der Waals surface area contributed by atoms with Crippen LogP contribution >= 0.6 is 0 Å². The highest BCUT2D eigenvalue weighted by Gasteiger charge is 2.09. The Morgan fingerprint density at radius 2 is 1.48 bits per heavy atom. The fourth-order valence-electron chi connectivity index (χ4n) is 2.40. The van der Waals surface area contributed by atoms with Gasteiger partial charge in [-0.1, -0.05) is 18.2 Å². The third kappa shape index (κ3) is 7.26. The van der Waals surface area contributed by atoms with Crippen LogP contribution < -0.4 is 20.9 Å². The third-order valence-electron chi connectivity index (χ3n) is 3.82. The van der Waals surface area contributed by atoms with E-state index in [1.54, 1.807) is 36.4 Å². The summed E-state index contributed by atoms with van der Waals surface area (Å²) in [5.41, 5.74) is 5.27. The molecular formula is C22H20N4O5. The summed E-state index contributed by atoms with van der Waals surface area (Å²) in [6, 6.07) is 19.3. The highest BCUT2D eigenvalue weighted by atomic mass is 16.5. The molecule has 9 heteroatoms. The number of pyridine rings is 1. The number of ether oxygens (including phenoxy) is 2. The highest BCUT2D eigenvalue weighted by molar-refractivity contribution is 5.95. The van der Waals surface area contributed by atoms with Crippen LogP contribution in [0.4, 0.5) is 5.69 Å². The summed E-state index contributed by atoms with van der Waals surface area (Å²) >= 11 is 0. The number of benzene rings is 2. The number of hydrogen-bond donors (Lipinski definition) is 3. The first-order valence-corrected chi connectivity index (χ1v) is 9.30. The van der Waals surface area contributed by atoms with Gasteiger partial charge in [0.2, 0.25) is 5.91 Å². The van der Waals surface area contributed by atoms with Crippen LogP contribution in [0.5, 0.6) is 11.5 Å². The van der Waals surface area contributed by atoms with Gasteiger partial charge in [-0.3, -0.25) is 30.2 Å². The number of carbonyl (C=O) groups is 3. The Labute approximate surface area is 178 Å². The summed E-state index contributed by atoms with van der Waals surface area (Å²) < 4.78 is 10.7. The standard InChI is InChI=1S/C22H20N4O5/c27-20(14-30-15-21(28)25-26-22(29)16-5-4-12-23-13-16)24-17-8-10-19(11-9-17)31-18-6-2-1-3-7-18/h1-13H,14-15H2,(H,24,27)(H,25,28)(H,26,29). The topological polar surface area (TPSA) is 119 Å². The van der Waals surface area contributed by atoms with Gasteiger partial charge >= 0.3 is 0 Å². The number of nitrogens with zero attached hydrogens (tertiary/aromatic N) is 1. The largest absolute Gasteiger partial charge is 0.457 e. The van der Waals surface area contributed by atoms with Gasteiger partial charge in [0, 0.05) is 18.1 Å². The maximum Gasteiger partial charge on any atom is 0.271 e. The number of nitrogens with one attached hydrogen (secondary N) is 3. The van der Waals surface area contributed by atoms with E-state index in [-0.39, 0.29) is 6.61 Å². The van der Waals surface area contributed by atoms with Gasteiger partial charge < -0.3 is 14.8 Å². The number of para-hydroxylation sites is 1. The quantitative estimate of drug-likeness (QED) is 0.481. The number of rotatable bonds is 8. The van der Waals surface area contributed by atoms with Crippen LogP contribution in [0.3, 0.4) is 0 Å². The minimum Gasteiger partial charge on any atom is -0.457 e. The molecule has 0 spiro atoms. The van der Waals surface area contributed by atoms with Crippen molar-refractivity contribution in [1.82, 2.24) is 15.8 Å². The summed E-state index contributed by atoms with van der Waals surface area (Å²) in [4.78, 5) is 39.2. The predicted molar refractivity (Wildman–Crippen MR) is 112 cm³/mol. The molecule has 2 aromatic carbocycles. The molecule has 1 aromatic heterocycles. The van der Waals surface area contributed by atoms with Crippen molar-refractivity contribution in [2.24, 2.45) is 0 Å². The maximum atomic E-state index is 11.9. The van der Waals surface area contributed by atoms with Gasteiger partial charge in [0.05, 0.1) is 5.56 Å². The minimum atomic E-state index is -0.604. The summed E-state index contributed by atoms with van der Waals surface area (Å²) in [5.74, 6) is -0.205. The second-order valence-electron chi connectivity index (χ2n) is 6.22. The summed E-state index contributed by atoms with van der Waals surface area (Å²) in [7, 11) is 0. The Morgan fingerprint density at radius 1 is 0.774 bits per heavy atom. The first-order chi connectivity index (χ1) is 15.1. The lowest BCUT2D eigenvalue weighted by molar-refractivity contribution is -0.129. The normalized spacial score (nSPS) is 10.1. The number of hydrazine groups is 1. The molecule has 158 valence electrons. The van der Waals surface area contributed by atoms with Crippen molar-refractivity contribution in [1.29, 1.82) is 0 Å². The SMILES string of the molecule is O=C(COCC(=O)Nc1ccc(Oc2ccccc2)cc1)NNC(=O)c1cccnc1. The van der Waals surface area contributed by atoms with Crippen molar-refractivity contribution in [3.63, 3.8) is 0 Å². The molecule has 3 N–H and O–H groups in total. The number of anilines is 1. The molecule has 3 aromatic rings. The van der Waals surface area contributed by atoms with E-state index in [0.29, 0.717) is 22.7 Å². The summed E-state index contributed by atoms with van der Waals surface area (Å²) in [6.45, 7) is -0.725. The van der Waals surface area contributed by atoms with Crippen molar-refractivity contribution in [2.75, 3.05) is 18.5 Å². The molecule has 0 saturated carbocycles. The second-order valence-corrected chi connectivity index (χ2v) is 6.22. The van der Waals surface area contributed by atoms with E-state index in [2.05, 4.69) is 21.2 Å². The number of aromatic nitrogens is 1. The lowest BCUT2D eigenvalue weighted by atomic mass is 10.3. The van der Waals surface area contributed by atoms with Crippen LogP contribution in [0.15, 0.2) is 79.1 Å². The Balaban J connectivity index is 1.34. The minimum absolute atomic E-state index is 0.295. The zero-order chi connectivity index (χ0) is 21.9. The summed E-state index contributed by atoms with van der Waals surface area (Å²) in [6.07, 6.45) is 2.89. The highest BCUT2D eigenvalue weighted by Crippen LogP contribution is 2.22. The van der Waals surface area contributed by atoms with Crippen LogP contribution in [0, 0.1) is 0 Å². The number of hydrogen-bond acceptors (Lipinski definition) is 6. The van der Waals surface area contributed by atoms with Gasteiger partial charge in [-0.2, -0.15) is 0 Å². The molecule has 0 saturated heterocycles. The van der Waals surface area contributed by atoms with Crippen molar-refractivity contribution >= 4 is 23.4 Å². The molecule has 0 unspecified atom stereocenters. The van der Waals surface area contributed by atoms with Crippen LogP contribution in [0.1, 0.15) is 10.4 Å². The van der Waals surface area contributed by atoms with Gasteiger partial charge in [0.1, 0.15) is 24.7 Å². The first kappa shape index (κ1) is 21.5. The van der Waals surface area contributed by atoms with E-state index in [1.165, 1.54) is 12.4 Å². The van der Waals surface area contributed by atoms with Gasteiger partial charge in [-0.15, -0.1) is 0 Å². The van der Waals surface area contributed by atoms with Gasteiger partial charge in [-0.25, -0.2) is 0 Å². The van der Waals surface area contributed by atoms with Gasteiger partial charge in [-0.05, 0) is 48.5 Å². The van der Waals surface area contributed by atoms with E-state index in [9.17, 15) is 14.4 Å². The van der Waals surface area contributed by atoms with Crippen LogP contribution in [0.25, 0.3) is 0 Å². The molecule has 0 aliphatic carbocycles. The zero-order valence-corrected chi connectivity index (χ0v) is 16.4. The van der Waals surface area contributed by atoms with Crippen molar-refractivity contribution < 1.29 is 23.9 Å². The Bertz CT molecular complexity index is 1010. The lowest BCUT2D eigenvalue weighted by Gasteiger charge is -2.09. The average Bonchev–Trinajstić information content (AvgIpc) is 2.80. The van der Waals surface area contributed by atoms with Crippen LogP contribution in [-0.4, -0.2) is 35.9 Å². The van der Waals surface area contributed by atoms with E-state index in [4.69, 9.17) is 9.47 Å². The molecule has 9 nitrogen and oxygen atoms in total. The number of carbonyl (C=O) groups excluding carboxylic acids is 3. The molecule has 3 amide bonds. The summed E-state index contributed by atoms with van der Waals surface area (Å²) in [5, 5.41) is 2.65. The Morgan fingerprint density at radius 3 is 2.19 bits per heavy atom. The molecule has 0 radical (unpaired) electrons. The van der Waals surface area contributed by atoms with Crippen LogP contribution in [0.2, 0.25) is 0 Å². The molecule has 0 fully saturated rings. The molecule has 31 heavy (non-hydrogen) atoms. The molecule has 1 heterocycles. The van der Waals surface area contributed by atoms with Crippen LogP contribution in [-0.2, 0) is 14.3 Å². The van der Waals surface area contributed by atoms with Gasteiger partial charge in [0.25, 0.3) is 11.8 Å². The Kier molecular flexibility index (Phi) is 7.67. The van der Waals surface area contributed by atoms with E-state index in [0.717, 1.165) is 0 Å². The fraction of sp³-hybridized carbons (Fsp3) is 0.0909. The maximum absolute atomic E-state index is 11.9. The molecule has 3 rings (SSSR count). The molecule has 0 atom stereocenters. The predicted octanol–water partition coefficient (Wildman–Crippen LogP) is 2.29. The third-order valence-corrected chi connectivity index (χ3v) is 3.82. The lowest BCUT2D eigenvalue weighted by Crippen LogP contribution is -2.43. The fourth-order valence-corrected chi connectivity index (χ4v) is 2.40. The van der Waals surface area contributed by atoms with E-state index in [1.807, 2.05) is 30.3 Å². The smallest absolute Gasteiger partial charge is 0.271 e. The molecule has 0 bridgehead atoms. The first-order valence-electron chi connectivity index (χ1n) is 9.30. The van der Waals surface area contributed by atoms with Crippen molar-refractivity contribution in [2.45, 2.75) is 0 Å². The second kappa shape index (κ2) is 11.1. The molecule has 0 aliphatic heterocycles. The van der Waals surface area contributed by atoms with E-state index >= 15 is 0 Å². The molecule has 0 aliphatic rings. The Hall–Kier alpha value is -4.24. The monoisotopic (exact) mass is 420 g/mol. The number of amides is 3. The molecular weight excluding hydrogens is 400 g/mol. The van der Waals surface area contributed by atoms with Crippen molar-refractivity contribution in [3.05, 3.63) is 84.7 Å². The average molecular weight is 420 g/mol. The van der Waals surface area contributed by atoms with Crippen molar-refractivity contribution in [3.8, 4) is 11.5 Å². The zero-order valence-electron chi connectivity index (χ0n) is 16.4. The van der Waals surface area contributed by atoms with Gasteiger partial charge in [0.15, 0.2) is 0 Å². The van der Waals surface area contributed by atoms with E-state index < -0.39 is 24.3 Å².